The first-order chi connectivity index (χ1) is 14.9. The number of carbonyl (C=O) groups excluding carboxylic acids is 1. The van der Waals surface area contributed by atoms with Crippen molar-refractivity contribution >= 4 is 23.6 Å². The maximum Gasteiger partial charge on any atom is 0.259 e. The molecule has 1 atom stereocenters. The number of nitrogens with zero attached hydrogens (tertiary/aromatic N) is 7. The lowest BCUT2D eigenvalue weighted by Gasteiger charge is -2.36. The smallest absolute Gasteiger partial charge is 0.259 e. The zero-order chi connectivity index (χ0) is 22.0. The second kappa shape index (κ2) is 8.88. The van der Waals surface area contributed by atoms with Crippen LogP contribution in [-0.4, -0.2) is 79.0 Å². The number of nitrogens with two attached hydrogens (primary N) is 1. The number of hydrogen-bond donors (Lipinski definition) is 2. The quantitative estimate of drug-likeness (QED) is 0.573. The number of likely N-dealkylation sites (N-methyl/N-ethyl adjacent to an activating group) is 1. The highest BCUT2D eigenvalue weighted by Crippen LogP contribution is 2.19. The molecule has 0 bridgehead atoms. The average molecular weight is 428 g/mol. The van der Waals surface area contributed by atoms with Crippen LogP contribution in [-0.2, 0) is 4.79 Å². The van der Waals surface area contributed by atoms with Crippen LogP contribution in [0, 0.1) is 5.92 Å². The first-order valence-corrected chi connectivity index (χ1v) is 10.7. The Morgan fingerprint density at radius 1 is 1.23 bits per heavy atom. The summed E-state index contributed by atoms with van der Waals surface area (Å²) in [5.74, 6) is 1.93. The molecule has 1 aliphatic rings. The summed E-state index contributed by atoms with van der Waals surface area (Å²) in [7, 11) is 0. The molecule has 4 rings (SSSR count). The number of carbonyl (C=O) groups is 1. The molecule has 11 nitrogen and oxygen atoms in total. The van der Waals surface area contributed by atoms with Crippen molar-refractivity contribution in [3.05, 3.63) is 18.4 Å². The fourth-order valence-electron chi connectivity index (χ4n) is 3.73. The van der Waals surface area contributed by atoms with Gasteiger partial charge in [0.15, 0.2) is 5.76 Å². The number of nitrogens with one attached hydrogen (secondary N) is 1. The summed E-state index contributed by atoms with van der Waals surface area (Å²) in [6, 6.07) is 3.07. The Balaban J connectivity index is 1.55. The van der Waals surface area contributed by atoms with Crippen LogP contribution in [0.15, 0.2) is 22.8 Å². The molecule has 1 amide bonds. The van der Waals surface area contributed by atoms with E-state index >= 15 is 0 Å². The summed E-state index contributed by atoms with van der Waals surface area (Å²) in [6.45, 7) is 10.5. The molecule has 166 valence electrons. The van der Waals surface area contributed by atoms with Gasteiger partial charge < -0.3 is 25.3 Å². The van der Waals surface area contributed by atoms with Crippen LogP contribution in [0.1, 0.15) is 27.2 Å². The number of piperazine rings is 1. The predicted octanol–water partition coefficient (Wildman–Crippen LogP) is 1.35. The number of aromatic nitrogens is 5. The van der Waals surface area contributed by atoms with Crippen molar-refractivity contribution in [3.63, 3.8) is 0 Å². The standard InChI is InChI=1S/C20H29N9O2/c1-4-27-7-9-28(10-8-27)17(30)14(12-13(2)3)22-19-24-18(21)29-20(25-19)23-16(26-29)15-6-5-11-31-15/h5-6,11,13-14H,4,7-10,12H2,1-3H3,(H3,21,22,23,24,25,26)/t14-/m0/s1. The van der Waals surface area contributed by atoms with E-state index in [9.17, 15) is 4.79 Å². The van der Waals surface area contributed by atoms with E-state index in [1.54, 1.807) is 18.4 Å². The van der Waals surface area contributed by atoms with Gasteiger partial charge in [0.1, 0.15) is 6.04 Å². The molecule has 1 fully saturated rings. The van der Waals surface area contributed by atoms with Gasteiger partial charge in [-0.3, -0.25) is 4.79 Å². The second-order valence-electron chi connectivity index (χ2n) is 8.12. The Morgan fingerprint density at radius 3 is 2.65 bits per heavy atom. The highest BCUT2D eigenvalue weighted by Gasteiger charge is 2.28. The number of hydrogen-bond acceptors (Lipinski definition) is 9. The molecule has 1 saturated heterocycles. The van der Waals surface area contributed by atoms with Crippen LogP contribution in [0.5, 0.6) is 0 Å². The number of amides is 1. The molecular formula is C20H29N9O2. The summed E-state index contributed by atoms with van der Waals surface area (Å²) < 4.78 is 6.70. The number of furan rings is 1. The first-order valence-electron chi connectivity index (χ1n) is 10.7. The normalized spacial score (nSPS) is 16.2. The van der Waals surface area contributed by atoms with Crippen LogP contribution in [0.2, 0.25) is 0 Å². The molecule has 0 aliphatic carbocycles. The van der Waals surface area contributed by atoms with E-state index in [1.807, 2.05) is 4.90 Å². The fraction of sp³-hybridized carbons (Fsp3) is 0.550. The van der Waals surface area contributed by atoms with Crippen LogP contribution < -0.4 is 11.1 Å². The van der Waals surface area contributed by atoms with Gasteiger partial charge in [0.05, 0.1) is 6.26 Å². The van der Waals surface area contributed by atoms with E-state index in [4.69, 9.17) is 10.2 Å². The third kappa shape index (κ3) is 4.61. The summed E-state index contributed by atoms with van der Waals surface area (Å²) in [5.41, 5.74) is 6.09. The summed E-state index contributed by atoms with van der Waals surface area (Å²) in [4.78, 5) is 30.6. The lowest BCUT2D eigenvalue weighted by molar-refractivity contribution is -0.134. The molecule has 0 saturated carbocycles. The maximum atomic E-state index is 13.3. The van der Waals surface area contributed by atoms with Crippen molar-refractivity contribution in [3.8, 4) is 11.6 Å². The molecule has 1 aliphatic heterocycles. The van der Waals surface area contributed by atoms with Crippen molar-refractivity contribution in [1.82, 2.24) is 34.4 Å². The zero-order valence-corrected chi connectivity index (χ0v) is 18.2. The highest BCUT2D eigenvalue weighted by atomic mass is 16.3. The lowest BCUT2D eigenvalue weighted by Crippen LogP contribution is -2.53. The van der Waals surface area contributed by atoms with Gasteiger partial charge in [-0.1, -0.05) is 20.8 Å². The van der Waals surface area contributed by atoms with Gasteiger partial charge >= 0.3 is 0 Å². The van der Waals surface area contributed by atoms with Crippen molar-refractivity contribution < 1.29 is 9.21 Å². The third-order valence-corrected chi connectivity index (χ3v) is 5.41. The molecule has 3 aromatic rings. The Bertz CT molecular complexity index is 1020. The minimum absolute atomic E-state index is 0.0595. The first kappa shape index (κ1) is 21.0. The number of fused-ring (bicyclic) bond motifs is 1. The van der Waals surface area contributed by atoms with E-state index in [0.717, 1.165) is 32.7 Å². The van der Waals surface area contributed by atoms with E-state index in [2.05, 4.69) is 51.0 Å². The van der Waals surface area contributed by atoms with Crippen LogP contribution in [0.25, 0.3) is 17.4 Å². The number of anilines is 2. The number of rotatable bonds is 7. The summed E-state index contributed by atoms with van der Waals surface area (Å²) in [6.07, 6.45) is 2.21. The molecule has 3 N–H and O–H groups in total. The van der Waals surface area contributed by atoms with Gasteiger partial charge in [-0.25, -0.2) is 0 Å². The Labute approximate surface area is 180 Å². The van der Waals surface area contributed by atoms with Gasteiger partial charge in [0, 0.05) is 26.2 Å². The van der Waals surface area contributed by atoms with Crippen molar-refractivity contribution in [2.45, 2.75) is 33.2 Å². The molecule has 0 aromatic carbocycles. The van der Waals surface area contributed by atoms with Crippen LogP contribution >= 0.6 is 0 Å². The monoisotopic (exact) mass is 427 g/mol. The largest absolute Gasteiger partial charge is 0.461 e. The average Bonchev–Trinajstić information content (AvgIpc) is 3.42. The molecule has 0 spiro atoms. The minimum Gasteiger partial charge on any atom is -0.461 e. The molecule has 0 radical (unpaired) electrons. The zero-order valence-electron chi connectivity index (χ0n) is 18.2. The molecule has 3 aromatic heterocycles. The summed E-state index contributed by atoms with van der Waals surface area (Å²) >= 11 is 0. The molecular weight excluding hydrogens is 398 g/mol. The van der Waals surface area contributed by atoms with Crippen LogP contribution in [0.3, 0.4) is 0 Å². The predicted molar refractivity (Wildman–Crippen MR) is 116 cm³/mol. The van der Waals surface area contributed by atoms with Crippen molar-refractivity contribution in [2.75, 3.05) is 43.8 Å². The molecule has 11 heteroatoms. The summed E-state index contributed by atoms with van der Waals surface area (Å²) in [5, 5.41) is 7.50. The van der Waals surface area contributed by atoms with Crippen LogP contribution in [0.4, 0.5) is 11.9 Å². The molecule has 0 unspecified atom stereocenters. The Hall–Kier alpha value is -3.21. The lowest BCUT2D eigenvalue weighted by atomic mass is 10.0. The SMILES string of the molecule is CCN1CCN(C(=O)[C@H](CC(C)C)Nc2nc(N)n3nc(-c4ccco4)nc3n2)CC1. The second-order valence-corrected chi connectivity index (χ2v) is 8.12. The van der Waals surface area contributed by atoms with Gasteiger partial charge in [-0.2, -0.15) is 19.5 Å². The maximum absolute atomic E-state index is 13.3. The van der Waals surface area contributed by atoms with E-state index in [-0.39, 0.29) is 23.6 Å². The topological polar surface area (TPSA) is 131 Å². The Kier molecular flexibility index (Phi) is 6.03. The van der Waals surface area contributed by atoms with Gasteiger partial charge in [-0.15, -0.1) is 5.10 Å². The fourth-order valence-corrected chi connectivity index (χ4v) is 3.73. The van der Waals surface area contributed by atoms with Gasteiger partial charge in [0.25, 0.3) is 5.78 Å². The third-order valence-electron chi connectivity index (χ3n) is 5.41. The van der Waals surface area contributed by atoms with E-state index in [1.165, 1.54) is 4.52 Å². The number of nitrogen functional groups attached to an aromatic ring is 1. The van der Waals surface area contributed by atoms with Crippen molar-refractivity contribution in [1.29, 1.82) is 0 Å². The van der Waals surface area contributed by atoms with Gasteiger partial charge in [0.2, 0.25) is 23.6 Å². The van der Waals surface area contributed by atoms with E-state index < -0.39 is 6.04 Å². The highest BCUT2D eigenvalue weighted by molar-refractivity contribution is 5.84. The van der Waals surface area contributed by atoms with Crippen molar-refractivity contribution in [2.24, 2.45) is 5.92 Å². The van der Waals surface area contributed by atoms with Gasteiger partial charge in [-0.05, 0) is 31.0 Å². The molecule has 31 heavy (non-hydrogen) atoms. The Morgan fingerprint density at radius 2 is 2.00 bits per heavy atom. The minimum atomic E-state index is -0.442. The van der Waals surface area contributed by atoms with E-state index in [0.29, 0.717) is 23.9 Å². The molecule has 4 heterocycles.